The van der Waals surface area contributed by atoms with E-state index < -0.39 is 29.2 Å². The fourth-order valence-corrected chi connectivity index (χ4v) is 3.30. The summed E-state index contributed by atoms with van der Waals surface area (Å²) in [6.45, 7) is 7.42. The number of carbonyl (C=O) groups excluding carboxylic acids is 3. The average Bonchev–Trinajstić information content (AvgIpc) is 2.67. The number of rotatable bonds is 6. The quantitative estimate of drug-likeness (QED) is 0.705. The third-order valence-corrected chi connectivity index (χ3v) is 4.82. The molecule has 1 aliphatic rings. The normalized spacial score (nSPS) is 15.5. The van der Waals surface area contributed by atoms with E-state index in [-0.39, 0.29) is 24.5 Å². The number of hydrogen-bond donors (Lipinski definition) is 1. The van der Waals surface area contributed by atoms with Gasteiger partial charge in [0, 0.05) is 43.9 Å². The smallest absolute Gasteiger partial charge is 0.410 e. The highest BCUT2D eigenvalue weighted by Crippen LogP contribution is 2.29. The van der Waals surface area contributed by atoms with Gasteiger partial charge in [0.25, 0.3) is 0 Å². The van der Waals surface area contributed by atoms with Gasteiger partial charge in [-0.15, -0.1) is 0 Å². The standard InChI is InChI=1S/C21H30FN3O5/c1-21(2,3)30-20(28)25-11-9-24(10-12-25)14-5-6-15(17(22)13-14)16(19(27)29-4)7-8-18(23)26/h5-6,13,16H,7-12H2,1-4H3,(H2,23,26). The summed E-state index contributed by atoms with van der Waals surface area (Å²) in [7, 11) is 1.22. The van der Waals surface area contributed by atoms with E-state index in [1.807, 2.05) is 25.7 Å². The number of esters is 1. The van der Waals surface area contributed by atoms with Gasteiger partial charge in [0.1, 0.15) is 11.4 Å². The molecule has 2 N–H and O–H groups in total. The summed E-state index contributed by atoms with van der Waals surface area (Å²) in [6.07, 6.45) is -0.334. The summed E-state index contributed by atoms with van der Waals surface area (Å²) in [5, 5.41) is 0. The zero-order chi connectivity index (χ0) is 22.5. The van der Waals surface area contributed by atoms with Crippen molar-refractivity contribution < 1.29 is 28.2 Å². The van der Waals surface area contributed by atoms with E-state index in [9.17, 15) is 18.8 Å². The Morgan fingerprint density at radius 3 is 2.30 bits per heavy atom. The van der Waals surface area contributed by atoms with E-state index in [1.165, 1.54) is 19.2 Å². The lowest BCUT2D eigenvalue weighted by atomic mass is 9.93. The first-order valence-corrected chi connectivity index (χ1v) is 9.90. The number of ether oxygens (including phenoxy) is 2. The van der Waals surface area contributed by atoms with E-state index in [0.717, 1.165) is 0 Å². The number of hydrogen-bond acceptors (Lipinski definition) is 6. The van der Waals surface area contributed by atoms with Gasteiger partial charge in [-0.05, 0) is 39.3 Å². The molecule has 2 amide bonds. The number of benzene rings is 1. The zero-order valence-corrected chi connectivity index (χ0v) is 17.9. The Hall–Kier alpha value is -2.84. The highest BCUT2D eigenvalue weighted by molar-refractivity contribution is 5.80. The Bertz CT molecular complexity index is 785. The summed E-state index contributed by atoms with van der Waals surface area (Å²) in [5.41, 5.74) is 5.42. The molecule has 30 heavy (non-hydrogen) atoms. The van der Waals surface area contributed by atoms with Gasteiger partial charge in [0.15, 0.2) is 0 Å². The molecule has 0 aliphatic carbocycles. The maximum atomic E-state index is 14.8. The number of piperazine rings is 1. The van der Waals surface area contributed by atoms with Gasteiger partial charge in [-0.3, -0.25) is 9.59 Å². The molecule has 0 aromatic heterocycles. The molecular weight excluding hydrogens is 393 g/mol. The molecular formula is C21H30FN3O5. The molecule has 8 nitrogen and oxygen atoms in total. The zero-order valence-electron chi connectivity index (χ0n) is 17.9. The molecule has 1 fully saturated rings. The minimum Gasteiger partial charge on any atom is -0.469 e. The third-order valence-electron chi connectivity index (χ3n) is 4.82. The van der Waals surface area contributed by atoms with Crippen molar-refractivity contribution in [3.63, 3.8) is 0 Å². The molecule has 1 unspecified atom stereocenters. The van der Waals surface area contributed by atoms with Gasteiger partial charge in [-0.25, -0.2) is 9.18 Å². The minimum atomic E-state index is -0.902. The van der Waals surface area contributed by atoms with Crippen LogP contribution >= 0.6 is 0 Å². The molecule has 1 saturated heterocycles. The lowest BCUT2D eigenvalue weighted by Gasteiger charge is -2.36. The van der Waals surface area contributed by atoms with Crippen LogP contribution in [-0.2, 0) is 19.1 Å². The average molecular weight is 423 g/mol. The molecule has 0 bridgehead atoms. The van der Waals surface area contributed by atoms with Crippen LogP contribution in [0.15, 0.2) is 18.2 Å². The van der Waals surface area contributed by atoms with Crippen LogP contribution in [0.25, 0.3) is 0 Å². The van der Waals surface area contributed by atoms with Gasteiger partial charge < -0.3 is 25.0 Å². The van der Waals surface area contributed by atoms with Crippen LogP contribution in [0, 0.1) is 5.82 Å². The largest absolute Gasteiger partial charge is 0.469 e. The number of anilines is 1. The van der Waals surface area contributed by atoms with Gasteiger partial charge in [0.05, 0.1) is 13.0 Å². The maximum Gasteiger partial charge on any atom is 0.410 e. The summed E-state index contributed by atoms with van der Waals surface area (Å²) in [4.78, 5) is 38.9. The van der Waals surface area contributed by atoms with Gasteiger partial charge >= 0.3 is 12.1 Å². The summed E-state index contributed by atoms with van der Waals surface area (Å²) < 4.78 is 25.0. The van der Waals surface area contributed by atoms with Gasteiger partial charge in [-0.1, -0.05) is 6.07 Å². The lowest BCUT2D eigenvalue weighted by Crippen LogP contribution is -2.50. The van der Waals surface area contributed by atoms with Crippen LogP contribution in [-0.4, -0.2) is 61.8 Å². The number of carbonyl (C=O) groups is 3. The topological polar surface area (TPSA) is 102 Å². The SMILES string of the molecule is COC(=O)C(CCC(N)=O)c1ccc(N2CCN(C(=O)OC(C)(C)C)CC2)cc1F. The van der Waals surface area contributed by atoms with Crippen LogP contribution in [0.5, 0.6) is 0 Å². The Morgan fingerprint density at radius 1 is 1.17 bits per heavy atom. The number of amides is 2. The van der Waals surface area contributed by atoms with Crippen LogP contribution in [0.1, 0.15) is 45.1 Å². The fourth-order valence-electron chi connectivity index (χ4n) is 3.30. The molecule has 9 heteroatoms. The molecule has 0 radical (unpaired) electrons. The Labute approximate surface area is 176 Å². The monoisotopic (exact) mass is 423 g/mol. The Morgan fingerprint density at radius 2 is 1.80 bits per heavy atom. The maximum absolute atomic E-state index is 14.8. The molecule has 1 aromatic rings. The molecule has 1 aliphatic heterocycles. The van der Waals surface area contributed by atoms with Crippen molar-refractivity contribution in [2.75, 3.05) is 38.2 Å². The number of nitrogens with zero attached hydrogens (tertiary/aromatic N) is 2. The third kappa shape index (κ3) is 6.33. The molecule has 1 heterocycles. The summed E-state index contributed by atoms with van der Waals surface area (Å²) in [5.74, 6) is -2.64. The number of primary amides is 1. The van der Waals surface area contributed by atoms with Crippen molar-refractivity contribution in [2.45, 2.75) is 45.1 Å². The number of methoxy groups -OCH3 is 1. The van der Waals surface area contributed by atoms with E-state index >= 15 is 0 Å². The van der Waals surface area contributed by atoms with Crippen molar-refractivity contribution >= 4 is 23.7 Å². The van der Waals surface area contributed by atoms with Gasteiger partial charge in [-0.2, -0.15) is 0 Å². The van der Waals surface area contributed by atoms with E-state index in [4.69, 9.17) is 15.2 Å². The fraction of sp³-hybridized carbons (Fsp3) is 0.571. The first-order chi connectivity index (χ1) is 14.0. The Balaban J connectivity index is 2.07. The molecule has 166 valence electrons. The van der Waals surface area contributed by atoms with Crippen molar-refractivity contribution in [2.24, 2.45) is 5.73 Å². The van der Waals surface area contributed by atoms with Crippen LogP contribution in [0.3, 0.4) is 0 Å². The minimum absolute atomic E-state index is 0.0480. The summed E-state index contributed by atoms with van der Waals surface area (Å²) in [6, 6.07) is 4.62. The predicted molar refractivity (Wildman–Crippen MR) is 110 cm³/mol. The van der Waals surface area contributed by atoms with Crippen LogP contribution in [0.4, 0.5) is 14.9 Å². The highest BCUT2D eigenvalue weighted by Gasteiger charge is 2.28. The second kappa shape index (κ2) is 9.77. The first kappa shape index (κ1) is 23.4. The predicted octanol–water partition coefficient (Wildman–Crippen LogP) is 2.40. The highest BCUT2D eigenvalue weighted by atomic mass is 19.1. The van der Waals surface area contributed by atoms with Gasteiger partial charge in [0.2, 0.25) is 5.91 Å². The van der Waals surface area contributed by atoms with E-state index in [0.29, 0.717) is 31.9 Å². The molecule has 1 atom stereocenters. The van der Waals surface area contributed by atoms with Crippen molar-refractivity contribution in [1.29, 1.82) is 0 Å². The van der Waals surface area contributed by atoms with Crippen molar-refractivity contribution in [3.8, 4) is 0 Å². The number of halogens is 1. The first-order valence-electron chi connectivity index (χ1n) is 9.90. The van der Waals surface area contributed by atoms with Crippen LogP contribution < -0.4 is 10.6 Å². The van der Waals surface area contributed by atoms with Crippen molar-refractivity contribution in [1.82, 2.24) is 4.90 Å². The molecule has 1 aromatic carbocycles. The van der Waals surface area contributed by atoms with Crippen LogP contribution in [0.2, 0.25) is 0 Å². The van der Waals surface area contributed by atoms with Crippen molar-refractivity contribution in [3.05, 3.63) is 29.6 Å². The summed E-state index contributed by atoms with van der Waals surface area (Å²) >= 11 is 0. The van der Waals surface area contributed by atoms with E-state index in [1.54, 1.807) is 11.0 Å². The second-order valence-electron chi connectivity index (χ2n) is 8.24. The molecule has 0 spiro atoms. The Kier molecular flexibility index (Phi) is 7.64. The lowest BCUT2D eigenvalue weighted by molar-refractivity contribution is -0.142. The van der Waals surface area contributed by atoms with E-state index in [2.05, 4.69) is 0 Å². The number of nitrogens with two attached hydrogens (primary N) is 1. The second-order valence-corrected chi connectivity index (χ2v) is 8.24. The molecule has 2 rings (SSSR count). The molecule has 0 saturated carbocycles.